The fourth-order valence-corrected chi connectivity index (χ4v) is 4.53. The molecule has 0 amide bonds. The number of ether oxygens (including phenoxy) is 2. The molecule has 0 fully saturated rings. The van der Waals surface area contributed by atoms with Crippen molar-refractivity contribution in [2.45, 2.75) is 44.4 Å². The van der Waals surface area contributed by atoms with Gasteiger partial charge in [0, 0.05) is 12.0 Å². The maximum atomic E-state index is 11.6. The normalized spacial score (nSPS) is 18.2. The second-order valence-corrected chi connectivity index (χ2v) is 7.85. The largest absolute Gasteiger partial charge is 0.496 e. The highest BCUT2D eigenvalue weighted by Gasteiger charge is 2.22. The Hall–Kier alpha value is -2.33. The molecule has 1 N–H and O–H groups in total. The van der Waals surface area contributed by atoms with Gasteiger partial charge in [0.25, 0.3) is 0 Å². The van der Waals surface area contributed by atoms with Gasteiger partial charge < -0.3 is 14.8 Å². The van der Waals surface area contributed by atoms with Crippen LogP contribution in [0, 0.1) is 0 Å². The number of Topliss-reactive ketones (excluding diaryl/α,β-unsaturated/α-hetero) is 1. The van der Waals surface area contributed by atoms with E-state index in [1.165, 1.54) is 29.5 Å². The molecule has 2 aromatic carbocycles. The summed E-state index contributed by atoms with van der Waals surface area (Å²) in [6.07, 6.45) is 6.27. The van der Waals surface area contributed by atoms with Crippen molar-refractivity contribution in [3.63, 3.8) is 0 Å². The number of nitrogens with one attached hydrogen (secondary N) is 1. The first kappa shape index (κ1) is 19.0. The molecule has 0 aromatic heterocycles. The molecule has 1 aliphatic heterocycles. The molecular formula is C24H29NO3. The number of hydrogen-bond donors (Lipinski definition) is 1. The molecule has 0 radical (unpaired) electrons. The van der Waals surface area contributed by atoms with Crippen LogP contribution < -0.4 is 14.8 Å². The Morgan fingerprint density at radius 2 is 2.14 bits per heavy atom. The van der Waals surface area contributed by atoms with Crippen LogP contribution >= 0.6 is 0 Å². The quantitative estimate of drug-likeness (QED) is 0.743. The first-order valence-electron chi connectivity index (χ1n) is 10.4. The zero-order chi connectivity index (χ0) is 19.3. The number of fused-ring (bicyclic) bond motifs is 2. The summed E-state index contributed by atoms with van der Waals surface area (Å²) in [5, 5.41) is 3.60. The number of carbonyl (C=O) groups excluding carboxylic acids is 1. The minimum Gasteiger partial charge on any atom is -0.496 e. The lowest BCUT2D eigenvalue weighted by molar-refractivity contribution is -0.121. The van der Waals surface area contributed by atoms with E-state index in [0.29, 0.717) is 12.3 Å². The fraction of sp³-hybridized carbons (Fsp3) is 0.458. The van der Waals surface area contributed by atoms with Gasteiger partial charge in [-0.05, 0) is 79.9 Å². The topological polar surface area (TPSA) is 47.6 Å². The van der Waals surface area contributed by atoms with Crippen molar-refractivity contribution >= 4 is 5.78 Å². The predicted molar refractivity (Wildman–Crippen MR) is 111 cm³/mol. The van der Waals surface area contributed by atoms with Crippen LogP contribution in [-0.4, -0.2) is 32.6 Å². The molecule has 148 valence electrons. The van der Waals surface area contributed by atoms with Crippen LogP contribution in [0.3, 0.4) is 0 Å². The molecule has 1 unspecified atom stereocenters. The van der Waals surface area contributed by atoms with Gasteiger partial charge in [0.2, 0.25) is 0 Å². The molecule has 4 nitrogen and oxygen atoms in total. The van der Waals surface area contributed by atoms with Gasteiger partial charge in [0.15, 0.2) is 5.78 Å². The third kappa shape index (κ3) is 4.22. The summed E-state index contributed by atoms with van der Waals surface area (Å²) < 4.78 is 11.0. The monoisotopic (exact) mass is 379 g/mol. The van der Waals surface area contributed by atoms with Gasteiger partial charge in [-0.3, -0.25) is 4.79 Å². The summed E-state index contributed by atoms with van der Waals surface area (Å²) >= 11 is 0. The van der Waals surface area contributed by atoms with E-state index in [4.69, 9.17) is 9.47 Å². The van der Waals surface area contributed by atoms with E-state index in [-0.39, 0.29) is 12.4 Å². The molecule has 1 atom stereocenters. The average molecular weight is 380 g/mol. The van der Waals surface area contributed by atoms with Crippen molar-refractivity contribution in [3.8, 4) is 11.5 Å². The van der Waals surface area contributed by atoms with E-state index in [9.17, 15) is 4.79 Å². The zero-order valence-electron chi connectivity index (χ0n) is 16.6. The first-order chi connectivity index (χ1) is 13.7. The van der Waals surface area contributed by atoms with E-state index < -0.39 is 0 Å². The summed E-state index contributed by atoms with van der Waals surface area (Å²) in [5.41, 5.74) is 5.18. The second-order valence-electron chi connectivity index (χ2n) is 7.85. The minimum atomic E-state index is 0.159. The highest BCUT2D eigenvalue weighted by molar-refractivity contribution is 5.84. The SMILES string of the molecule is COc1cccc2c1CCCC2CCNCCc1ccc2c(c1)CC(=O)CO2. The number of ketones is 1. The molecule has 28 heavy (non-hydrogen) atoms. The number of benzene rings is 2. The molecular weight excluding hydrogens is 350 g/mol. The Balaban J connectivity index is 1.26. The second kappa shape index (κ2) is 8.78. The van der Waals surface area contributed by atoms with Gasteiger partial charge >= 0.3 is 0 Å². The van der Waals surface area contributed by atoms with Crippen LogP contribution in [0.25, 0.3) is 0 Å². The first-order valence-corrected chi connectivity index (χ1v) is 10.4. The third-order valence-corrected chi connectivity index (χ3v) is 5.97. The van der Waals surface area contributed by atoms with E-state index in [1.54, 1.807) is 7.11 Å². The summed E-state index contributed by atoms with van der Waals surface area (Å²) in [7, 11) is 1.77. The maximum Gasteiger partial charge on any atom is 0.174 e. The minimum absolute atomic E-state index is 0.159. The maximum absolute atomic E-state index is 11.6. The molecule has 0 saturated carbocycles. The lowest BCUT2D eigenvalue weighted by Crippen LogP contribution is -2.22. The molecule has 4 heteroatoms. The van der Waals surface area contributed by atoms with Gasteiger partial charge in [-0.2, -0.15) is 0 Å². The third-order valence-electron chi connectivity index (χ3n) is 5.97. The van der Waals surface area contributed by atoms with Crippen LogP contribution in [0.5, 0.6) is 11.5 Å². The van der Waals surface area contributed by atoms with Crippen molar-refractivity contribution in [2.75, 3.05) is 26.8 Å². The zero-order valence-corrected chi connectivity index (χ0v) is 16.6. The highest BCUT2D eigenvalue weighted by atomic mass is 16.5. The predicted octanol–water partition coefficient (Wildman–Crippen LogP) is 3.84. The summed E-state index contributed by atoms with van der Waals surface area (Å²) in [6, 6.07) is 12.7. The van der Waals surface area contributed by atoms with Crippen LogP contribution in [0.1, 0.15) is 47.4 Å². The Morgan fingerprint density at radius 3 is 3.04 bits per heavy atom. The molecule has 2 aliphatic rings. The number of hydrogen-bond acceptors (Lipinski definition) is 4. The Kier molecular flexibility index (Phi) is 5.96. The highest BCUT2D eigenvalue weighted by Crippen LogP contribution is 2.38. The van der Waals surface area contributed by atoms with Gasteiger partial charge in [-0.25, -0.2) is 0 Å². The molecule has 0 bridgehead atoms. The van der Waals surface area contributed by atoms with E-state index in [2.05, 4.69) is 35.6 Å². The molecule has 1 aliphatic carbocycles. The van der Waals surface area contributed by atoms with E-state index in [1.807, 2.05) is 6.07 Å². The Bertz CT molecular complexity index is 846. The molecule has 1 heterocycles. The van der Waals surface area contributed by atoms with Crippen LogP contribution in [-0.2, 0) is 24.1 Å². The van der Waals surface area contributed by atoms with Crippen molar-refractivity contribution in [1.29, 1.82) is 0 Å². The van der Waals surface area contributed by atoms with Crippen molar-refractivity contribution in [3.05, 3.63) is 58.7 Å². The van der Waals surface area contributed by atoms with Crippen molar-refractivity contribution in [1.82, 2.24) is 5.32 Å². The standard InChI is InChI=1S/C24H29NO3/c1-27-24-7-3-5-21-18(4-2-6-22(21)24)11-13-25-12-10-17-8-9-23-19(14-17)15-20(26)16-28-23/h3,5,7-9,14,18,25H,2,4,6,10-13,15-16H2,1H3. The lowest BCUT2D eigenvalue weighted by Gasteiger charge is -2.27. The Labute approximate surface area is 167 Å². The number of methoxy groups -OCH3 is 1. The van der Waals surface area contributed by atoms with Crippen LogP contribution in [0.15, 0.2) is 36.4 Å². The summed E-state index contributed by atoms with van der Waals surface area (Å²) in [4.78, 5) is 11.6. The van der Waals surface area contributed by atoms with Gasteiger partial charge in [0.1, 0.15) is 18.1 Å². The summed E-state index contributed by atoms with van der Waals surface area (Å²) in [6.45, 7) is 2.18. The lowest BCUT2D eigenvalue weighted by atomic mass is 9.80. The van der Waals surface area contributed by atoms with Gasteiger partial charge in [0.05, 0.1) is 7.11 Å². The number of rotatable bonds is 7. The van der Waals surface area contributed by atoms with Crippen molar-refractivity contribution in [2.24, 2.45) is 0 Å². The fourth-order valence-electron chi connectivity index (χ4n) is 4.53. The van der Waals surface area contributed by atoms with Gasteiger partial charge in [-0.15, -0.1) is 0 Å². The van der Waals surface area contributed by atoms with Crippen LogP contribution in [0.4, 0.5) is 0 Å². The molecule has 0 spiro atoms. The van der Waals surface area contributed by atoms with Crippen molar-refractivity contribution < 1.29 is 14.3 Å². The smallest absolute Gasteiger partial charge is 0.174 e. The summed E-state index contributed by atoms with van der Waals surface area (Å²) in [5.74, 6) is 2.69. The van der Waals surface area contributed by atoms with E-state index in [0.717, 1.165) is 49.4 Å². The van der Waals surface area contributed by atoms with E-state index >= 15 is 0 Å². The molecule has 4 rings (SSSR count). The van der Waals surface area contributed by atoms with Crippen LogP contribution in [0.2, 0.25) is 0 Å². The average Bonchev–Trinajstić information content (AvgIpc) is 2.72. The number of carbonyl (C=O) groups is 1. The Morgan fingerprint density at radius 1 is 1.21 bits per heavy atom. The molecule has 2 aromatic rings. The van der Waals surface area contributed by atoms with Gasteiger partial charge in [-0.1, -0.05) is 24.3 Å². The molecule has 0 saturated heterocycles.